The minimum Gasteiger partial charge on any atom is -0.444 e. The van der Waals surface area contributed by atoms with Crippen molar-refractivity contribution in [3.8, 4) is 0 Å². The Balaban J connectivity index is 1.41. The minimum atomic E-state index is -0.400. The average molecular weight is 295 g/mol. The van der Waals surface area contributed by atoms with Crippen LogP contribution in [0.25, 0.3) is 0 Å². The number of nitrogens with one attached hydrogen (secondary N) is 1. The zero-order valence-corrected chi connectivity index (χ0v) is 13.5. The van der Waals surface area contributed by atoms with Gasteiger partial charge in [0.05, 0.1) is 0 Å². The van der Waals surface area contributed by atoms with Gasteiger partial charge in [-0.25, -0.2) is 4.79 Å². The molecule has 3 N–H and O–H groups in total. The second kappa shape index (κ2) is 5.43. The molecule has 0 aromatic rings. The van der Waals surface area contributed by atoms with Crippen molar-refractivity contribution in [3.63, 3.8) is 0 Å². The molecule has 2 aliphatic carbocycles. The number of fused-ring (bicyclic) bond motifs is 1. The molecule has 5 nitrogen and oxygen atoms in total. The first-order valence-corrected chi connectivity index (χ1v) is 8.33. The van der Waals surface area contributed by atoms with E-state index in [2.05, 4.69) is 5.32 Å². The molecule has 120 valence electrons. The molecule has 2 atom stereocenters. The number of carbonyl (C=O) groups is 1. The van der Waals surface area contributed by atoms with Crippen molar-refractivity contribution in [1.82, 2.24) is 10.2 Å². The fourth-order valence-corrected chi connectivity index (χ4v) is 3.81. The summed E-state index contributed by atoms with van der Waals surface area (Å²) in [5.74, 6) is 1.27. The molecule has 3 aliphatic rings. The molecule has 1 heterocycles. The van der Waals surface area contributed by atoms with Crippen LogP contribution in [0.15, 0.2) is 0 Å². The zero-order valence-electron chi connectivity index (χ0n) is 13.5. The number of carbonyl (C=O) groups excluding carboxylic acids is 1. The predicted molar refractivity (Wildman–Crippen MR) is 81.9 cm³/mol. The third-order valence-corrected chi connectivity index (χ3v) is 5.05. The Morgan fingerprint density at radius 3 is 2.24 bits per heavy atom. The van der Waals surface area contributed by atoms with Gasteiger partial charge in [0, 0.05) is 31.2 Å². The maximum Gasteiger partial charge on any atom is 0.410 e. The fourth-order valence-electron chi connectivity index (χ4n) is 3.81. The summed E-state index contributed by atoms with van der Waals surface area (Å²) in [7, 11) is 0. The number of piperidine rings is 1. The molecule has 5 heteroatoms. The van der Waals surface area contributed by atoms with Crippen LogP contribution in [0.3, 0.4) is 0 Å². The maximum atomic E-state index is 12.0. The van der Waals surface area contributed by atoms with Crippen molar-refractivity contribution in [2.75, 3.05) is 13.1 Å². The zero-order chi connectivity index (χ0) is 15.2. The van der Waals surface area contributed by atoms with E-state index < -0.39 is 5.60 Å². The summed E-state index contributed by atoms with van der Waals surface area (Å²) in [6.07, 6.45) is 4.53. The molecular formula is C16H29N3O2. The summed E-state index contributed by atoms with van der Waals surface area (Å²) in [6, 6.07) is 1.66. The minimum absolute atomic E-state index is 0.155. The quantitative estimate of drug-likeness (QED) is 0.814. The Labute approximate surface area is 127 Å². The van der Waals surface area contributed by atoms with E-state index in [1.165, 1.54) is 12.8 Å². The van der Waals surface area contributed by atoms with E-state index in [4.69, 9.17) is 10.5 Å². The monoisotopic (exact) mass is 295 g/mol. The van der Waals surface area contributed by atoms with Crippen LogP contribution in [0, 0.1) is 11.8 Å². The molecule has 2 saturated carbocycles. The first-order valence-electron chi connectivity index (χ1n) is 8.33. The van der Waals surface area contributed by atoms with Crippen molar-refractivity contribution in [2.24, 2.45) is 17.6 Å². The molecule has 0 bridgehead atoms. The van der Waals surface area contributed by atoms with Crippen LogP contribution in [0.4, 0.5) is 4.79 Å². The number of nitrogens with zero attached hydrogens (tertiary/aromatic N) is 1. The fraction of sp³-hybridized carbons (Fsp3) is 0.938. The largest absolute Gasteiger partial charge is 0.444 e. The highest BCUT2D eigenvalue weighted by Crippen LogP contribution is 2.46. The highest BCUT2D eigenvalue weighted by Gasteiger charge is 2.57. The summed E-state index contributed by atoms with van der Waals surface area (Å²) >= 11 is 0. The van der Waals surface area contributed by atoms with Gasteiger partial charge in [-0.05, 0) is 58.3 Å². The molecule has 3 fully saturated rings. The van der Waals surface area contributed by atoms with Crippen LogP contribution in [0.1, 0.15) is 46.5 Å². The second-order valence-electron chi connectivity index (χ2n) is 8.02. The summed E-state index contributed by atoms with van der Waals surface area (Å²) < 4.78 is 5.44. The highest BCUT2D eigenvalue weighted by molar-refractivity contribution is 5.69. The number of rotatable bonds is 2. The predicted octanol–water partition coefficient (Wildman–Crippen LogP) is 1.71. The lowest BCUT2D eigenvalue weighted by atomic mass is 9.92. The lowest BCUT2D eigenvalue weighted by molar-refractivity contribution is 0.0268. The van der Waals surface area contributed by atoms with Gasteiger partial charge in [0.25, 0.3) is 0 Å². The molecule has 1 saturated heterocycles. The number of nitrogens with two attached hydrogens (primary N) is 1. The Morgan fingerprint density at radius 2 is 1.71 bits per heavy atom. The van der Waals surface area contributed by atoms with Crippen molar-refractivity contribution < 1.29 is 9.53 Å². The van der Waals surface area contributed by atoms with E-state index in [1.807, 2.05) is 25.7 Å². The average Bonchev–Trinajstić information content (AvgIpc) is 2.83. The van der Waals surface area contributed by atoms with Crippen molar-refractivity contribution in [1.29, 1.82) is 0 Å². The molecule has 1 aliphatic heterocycles. The van der Waals surface area contributed by atoms with Crippen LogP contribution in [-0.2, 0) is 4.74 Å². The van der Waals surface area contributed by atoms with Crippen molar-refractivity contribution in [2.45, 2.75) is 70.2 Å². The standard InChI is InChI=1S/C16H29N3O2/c1-16(2,3)21-15(20)19-8-12-13(9-19)14(12)18-11-6-4-10(17)5-7-11/h10-14,18H,4-9,17H2,1-3H3. The summed E-state index contributed by atoms with van der Waals surface area (Å²) in [5.41, 5.74) is 5.55. The van der Waals surface area contributed by atoms with E-state index in [9.17, 15) is 4.79 Å². The van der Waals surface area contributed by atoms with Gasteiger partial charge >= 0.3 is 6.09 Å². The van der Waals surface area contributed by atoms with Crippen LogP contribution >= 0.6 is 0 Å². The van der Waals surface area contributed by atoms with Crippen LogP contribution in [-0.4, -0.2) is 47.8 Å². The maximum absolute atomic E-state index is 12.0. The van der Waals surface area contributed by atoms with Crippen molar-refractivity contribution >= 4 is 6.09 Å². The topological polar surface area (TPSA) is 67.6 Å². The Morgan fingerprint density at radius 1 is 1.14 bits per heavy atom. The van der Waals surface area contributed by atoms with E-state index in [-0.39, 0.29) is 6.09 Å². The lowest BCUT2D eigenvalue weighted by Crippen LogP contribution is -2.43. The molecule has 0 aromatic heterocycles. The van der Waals surface area contributed by atoms with E-state index in [0.717, 1.165) is 25.9 Å². The first kappa shape index (κ1) is 15.1. The molecule has 0 radical (unpaired) electrons. The van der Waals surface area contributed by atoms with Gasteiger partial charge in [0.15, 0.2) is 0 Å². The van der Waals surface area contributed by atoms with Gasteiger partial charge in [0.1, 0.15) is 5.60 Å². The molecule has 0 aromatic carbocycles. The Bertz CT molecular complexity index is 387. The smallest absolute Gasteiger partial charge is 0.410 e. The van der Waals surface area contributed by atoms with E-state index >= 15 is 0 Å². The first-order chi connectivity index (χ1) is 9.83. The van der Waals surface area contributed by atoms with Crippen LogP contribution in [0.5, 0.6) is 0 Å². The normalized spacial score (nSPS) is 39.0. The van der Waals surface area contributed by atoms with Crippen molar-refractivity contribution in [3.05, 3.63) is 0 Å². The number of ether oxygens (including phenoxy) is 1. The third kappa shape index (κ3) is 3.51. The molecule has 21 heavy (non-hydrogen) atoms. The van der Waals surface area contributed by atoms with E-state index in [1.54, 1.807) is 0 Å². The molecule has 1 amide bonds. The number of likely N-dealkylation sites (tertiary alicyclic amines) is 1. The summed E-state index contributed by atoms with van der Waals surface area (Å²) in [4.78, 5) is 13.9. The molecule has 0 spiro atoms. The van der Waals surface area contributed by atoms with Gasteiger partial charge in [-0.1, -0.05) is 0 Å². The third-order valence-electron chi connectivity index (χ3n) is 5.05. The van der Waals surface area contributed by atoms with E-state index in [0.29, 0.717) is 30.0 Å². The van der Waals surface area contributed by atoms with Gasteiger partial charge in [-0.15, -0.1) is 0 Å². The number of hydrogen-bond donors (Lipinski definition) is 2. The highest BCUT2D eigenvalue weighted by atomic mass is 16.6. The number of hydrogen-bond acceptors (Lipinski definition) is 4. The van der Waals surface area contributed by atoms with Gasteiger partial charge in [-0.3, -0.25) is 0 Å². The SMILES string of the molecule is CC(C)(C)OC(=O)N1CC2C(C1)C2NC1CCC(N)CC1. The van der Waals surface area contributed by atoms with Crippen LogP contribution < -0.4 is 11.1 Å². The Hall–Kier alpha value is -0.810. The summed E-state index contributed by atoms with van der Waals surface area (Å²) in [6.45, 7) is 7.45. The lowest BCUT2D eigenvalue weighted by Gasteiger charge is -2.29. The number of amides is 1. The van der Waals surface area contributed by atoms with Gasteiger partial charge < -0.3 is 20.7 Å². The van der Waals surface area contributed by atoms with Gasteiger partial charge in [0.2, 0.25) is 0 Å². The summed E-state index contributed by atoms with van der Waals surface area (Å²) in [5, 5.41) is 3.79. The molecule has 3 rings (SSSR count). The van der Waals surface area contributed by atoms with Crippen LogP contribution in [0.2, 0.25) is 0 Å². The Kier molecular flexibility index (Phi) is 3.91. The molecule has 2 unspecified atom stereocenters. The second-order valence-corrected chi connectivity index (χ2v) is 8.02. The molecular weight excluding hydrogens is 266 g/mol. The van der Waals surface area contributed by atoms with Gasteiger partial charge in [-0.2, -0.15) is 0 Å².